The molecule has 0 bridgehead atoms. The smallest absolute Gasteiger partial charge is 0.257 e. The second-order valence-electron chi connectivity index (χ2n) is 4.44. The summed E-state index contributed by atoms with van der Waals surface area (Å²) in [4.78, 5) is 20.3. The number of rotatable bonds is 3. The Morgan fingerprint density at radius 2 is 2.25 bits per heavy atom. The van der Waals surface area contributed by atoms with Gasteiger partial charge in [0.25, 0.3) is 5.91 Å². The van der Waals surface area contributed by atoms with Crippen molar-refractivity contribution in [2.45, 2.75) is 20.4 Å². The third-order valence-corrected chi connectivity index (χ3v) is 3.08. The molecule has 0 atom stereocenters. The van der Waals surface area contributed by atoms with E-state index in [0.29, 0.717) is 23.6 Å². The standard InChI is InChI=1S/C13H13N5O2/c1-8-12(9(2)20-17-8)13(19)16-6-10-5-15-11-7-14-3-4-18(10)11/h3-5,7H,6H2,1-2H3,(H,16,19). The minimum Gasteiger partial charge on any atom is -0.361 e. The number of carbonyl (C=O) groups excluding carboxylic acids is 1. The van der Waals surface area contributed by atoms with E-state index in [9.17, 15) is 4.79 Å². The van der Waals surface area contributed by atoms with Crippen molar-refractivity contribution in [3.63, 3.8) is 0 Å². The third-order valence-electron chi connectivity index (χ3n) is 3.08. The molecule has 3 aromatic rings. The number of imidazole rings is 1. The summed E-state index contributed by atoms with van der Waals surface area (Å²) in [7, 11) is 0. The largest absolute Gasteiger partial charge is 0.361 e. The van der Waals surface area contributed by atoms with Crippen LogP contribution in [0.1, 0.15) is 27.5 Å². The molecule has 3 rings (SSSR count). The lowest BCUT2D eigenvalue weighted by molar-refractivity contribution is 0.0948. The first-order valence-electron chi connectivity index (χ1n) is 6.14. The Kier molecular flexibility index (Phi) is 2.94. The van der Waals surface area contributed by atoms with Gasteiger partial charge in [-0.15, -0.1) is 0 Å². The van der Waals surface area contributed by atoms with E-state index in [1.54, 1.807) is 38.6 Å². The summed E-state index contributed by atoms with van der Waals surface area (Å²) >= 11 is 0. The van der Waals surface area contributed by atoms with E-state index < -0.39 is 0 Å². The molecule has 0 saturated carbocycles. The fourth-order valence-corrected chi connectivity index (χ4v) is 2.09. The van der Waals surface area contributed by atoms with Gasteiger partial charge >= 0.3 is 0 Å². The van der Waals surface area contributed by atoms with E-state index >= 15 is 0 Å². The van der Waals surface area contributed by atoms with E-state index in [2.05, 4.69) is 20.4 Å². The Hall–Kier alpha value is -2.70. The molecule has 7 heteroatoms. The van der Waals surface area contributed by atoms with Crippen LogP contribution in [0.3, 0.4) is 0 Å². The van der Waals surface area contributed by atoms with Gasteiger partial charge in [0.2, 0.25) is 0 Å². The van der Waals surface area contributed by atoms with Gasteiger partial charge in [0.1, 0.15) is 11.3 Å². The maximum atomic E-state index is 12.1. The Morgan fingerprint density at radius 3 is 3.00 bits per heavy atom. The monoisotopic (exact) mass is 271 g/mol. The lowest BCUT2D eigenvalue weighted by Crippen LogP contribution is -2.24. The van der Waals surface area contributed by atoms with E-state index in [4.69, 9.17) is 4.52 Å². The van der Waals surface area contributed by atoms with E-state index in [-0.39, 0.29) is 5.91 Å². The SMILES string of the molecule is Cc1noc(C)c1C(=O)NCc1cnc2cnccn12. The molecule has 0 unspecified atom stereocenters. The van der Waals surface area contributed by atoms with Gasteiger partial charge in [-0.25, -0.2) is 4.98 Å². The van der Waals surface area contributed by atoms with Gasteiger partial charge in [0, 0.05) is 12.4 Å². The number of carbonyl (C=O) groups is 1. The molecular formula is C13H13N5O2. The first kappa shape index (κ1) is 12.3. The molecular weight excluding hydrogens is 258 g/mol. The minimum absolute atomic E-state index is 0.203. The Balaban J connectivity index is 1.78. The normalized spacial score (nSPS) is 10.9. The molecule has 3 aromatic heterocycles. The van der Waals surface area contributed by atoms with Crippen molar-refractivity contribution in [2.75, 3.05) is 0 Å². The number of amides is 1. The second kappa shape index (κ2) is 4.76. The van der Waals surface area contributed by atoms with Gasteiger partial charge in [-0.1, -0.05) is 5.16 Å². The summed E-state index contributed by atoms with van der Waals surface area (Å²) in [5.41, 5.74) is 2.69. The molecule has 1 amide bonds. The van der Waals surface area contributed by atoms with Crippen LogP contribution in [0.15, 0.2) is 29.3 Å². The summed E-state index contributed by atoms with van der Waals surface area (Å²) in [6.07, 6.45) is 6.86. The summed E-state index contributed by atoms with van der Waals surface area (Å²) in [6.45, 7) is 3.83. The number of nitrogens with zero attached hydrogens (tertiary/aromatic N) is 4. The van der Waals surface area contributed by atoms with Crippen molar-refractivity contribution in [2.24, 2.45) is 0 Å². The van der Waals surface area contributed by atoms with Gasteiger partial charge in [-0.3, -0.25) is 14.2 Å². The Labute approximate surface area is 114 Å². The van der Waals surface area contributed by atoms with Crippen LogP contribution in [-0.4, -0.2) is 25.4 Å². The van der Waals surface area contributed by atoms with Crippen molar-refractivity contribution in [3.05, 3.63) is 47.5 Å². The fraction of sp³-hybridized carbons (Fsp3) is 0.231. The quantitative estimate of drug-likeness (QED) is 0.775. The molecule has 102 valence electrons. The highest BCUT2D eigenvalue weighted by molar-refractivity contribution is 5.95. The average Bonchev–Trinajstić information content (AvgIpc) is 3.00. The number of fused-ring (bicyclic) bond motifs is 1. The molecule has 0 fully saturated rings. The molecule has 0 aliphatic rings. The summed E-state index contributed by atoms with van der Waals surface area (Å²) < 4.78 is 6.86. The number of hydrogen-bond donors (Lipinski definition) is 1. The van der Waals surface area contributed by atoms with Gasteiger partial charge in [0.05, 0.1) is 30.3 Å². The van der Waals surface area contributed by atoms with Crippen LogP contribution in [0.4, 0.5) is 0 Å². The Bertz CT molecular complexity index is 755. The summed E-state index contributed by atoms with van der Waals surface area (Å²) in [5.74, 6) is 0.313. The van der Waals surface area contributed by atoms with Crippen molar-refractivity contribution >= 4 is 11.6 Å². The summed E-state index contributed by atoms with van der Waals surface area (Å²) in [6, 6.07) is 0. The van der Waals surface area contributed by atoms with Crippen LogP contribution in [0, 0.1) is 13.8 Å². The molecule has 0 saturated heterocycles. The van der Waals surface area contributed by atoms with Gasteiger partial charge < -0.3 is 9.84 Å². The zero-order valence-corrected chi connectivity index (χ0v) is 11.1. The Morgan fingerprint density at radius 1 is 1.40 bits per heavy atom. The lowest BCUT2D eigenvalue weighted by atomic mass is 10.2. The van der Waals surface area contributed by atoms with Crippen molar-refractivity contribution in [3.8, 4) is 0 Å². The van der Waals surface area contributed by atoms with Crippen LogP contribution in [0.5, 0.6) is 0 Å². The molecule has 0 spiro atoms. The van der Waals surface area contributed by atoms with Crippen LogP contribution in [0.25, 0.3) is 5.65 Å². The van der Waals surface area contributed by atoms with E-state index in [1.807, 2.05) is 4.40 Å². The molecule has 0 aromatic carbocycles. The highest BCUT2D eigenvalue weighted by Gasteiger charge is 2.17. The third kappa shape index (κ3) is 2.03. The molecule has 7 nitrogen and oxygen atoms in total. The maximum absolute atomic E-state index is 12.1. The number of aryl methyl sites for hydroxylation is 2. The van der Waals surface area contributed by atoms with Gasteiger partial charge in [-0.05, 0) is 13.8 Å². The highest BCUT2D eigenvalue weighted by Crippen LogP contribution is 2.12. The minimum atomic E-state index is -0.203. The zero-order valence-electron chi connectivity index (χ0n) is 11.1. The van der Waals surface area contributed by atoms with E-state index in [1.165, 1.54) is 0 Å². The zero-order chi connectivity index (χ0) is 14.1. The van der Waals surface area contributed by atoms with Gasteiger partial charge in [0.15, 0.2) is 5.65 Å². The van der Waals surface area contributed by atoms with Crippen LogP contribution in [-0.2, 0) is 6.54 Å². The van der Waals surface area contributed by atoms with Crippen LogP contribution in [0.2, 0.25) is 0 Å². The molecule has 0 radical (unpaired) electrons. The first-order chi connectivity index (χ1) is 9.66. The number of hydrogen-bond acceptors (Lipinski definition) is 5. The fourth-order valence-electron chi connectivity index (χ4n) is 2.09. The predicted molar refractivity (Wildman–Crippen MR) is 70.1 cm³/mol. The second-order valence-corrected chi connectivity index (χ2v) is 4.44. The van der Waals surface area contributed by atoms with Crippen LogP contribution >= 0.6 is 0 Å². The maximum Gasteiger partial charge on any atom is 0.257 e. The van der Waals surface area contributed by atoms with Crippen LogP contribution < -0.4 is 5.32 Å². The first-order valence-corrected chi connectivity index (χ1v) is 6.14. The predicted octanol–water partition coefficient (Wildman–Crippen LogP) is 1.26. The molecule has 0 aliphatic heterocycles. The van der Waals surface area contributed by atoms with Crippen molar-refractivity contribution < 1.29 is 9.32 Å². The molecule has 3 heterocycles. The van der Waals surface area contributed by atoms with Crippen molar-refractivity contribution in [1.82, 2.24) is 24.8 Å². The molecule has 20 heavy (non-hydrogen) atoms. The molecule has 0 aliphatic carbocycles. The summed E-state index contributed by atoms with van der Waals surface area (Å²) in [5, 5.41) is 6.61. The number of nitrogens with one attached hydrogen (secondary N) is 1. The van der Waals surface area contributed by atoms with E-state index in [0.717, 1.165) is 11.3 Å². The highest BCUT2D eigenvalue weighted by atomic mass is 16.5. The molecule has 1 N–H and O–H groups in total. The lowest BCUT2D eigenvalue weighted by Gasteiger charge is -2.04. The topological polar surface area (TPSA) is 85.3 Å². The van der Waals surface area contributed by atoms with Gasteiger partial charge in [-0.2, -0.15) is 0 Å². The average molecular weight is 271 g/mol. The van der Waals surface area contributed by atoms with Crippen molar-refractivity contribution in [1.29, 1.82) is 0 Å². The number of aromatic nitrogens is 4.